The third-order valence-corrected chi connectivity index (χ3v) is 2.62. The largest absolute Gasteiger partial charge is 0.347 e. The van der Waals surface area contributed by atoms with Crippen molar-refractivity contribution in [3.63, 3.8) is 0 Å². The second-order valence-corrected chi connectivity index (χ2v) is 4.15. The number of rotatable bonds is 1. The molecule has 12 heavy (non-hydrogen) atoms. The summed E-state index contributed by atoms with van der Waals surface area (Å²) in [6.45, 7) is 4.56. The molecule has 1 saturated heterocycles. The highest BCUT2D eigenvalue weighted by Gasteiger charge is 2.33. The summed E-state index contributed by atoms with van der Waals surface area (Å²) >= 11 is 1.69. The van der Waals surface area contributed by atoms with E-state index in [-0.39, 0.29) is 6.10 Å². The van der Waals surface area contributed by atoms with E-state index in [2.05, 4.69) is 16.8 Å². The van der Waals surface area contributed by atoms with Crippen molar-refractivity contribution in [2.45, 2.75) is 25.7 Å². The average molecular weight is 184 g/mol. The zero-order valence-electron chi connectivity index (χ0n) is 7.24. The molecule has 1 fully saturated rings. The van der Waals surface area contributed by atoms with Gasteiger partial charge in [-0.3, -0.25) is 0 Å². The Balaban J connectivity index is 2.10. The molecule has 2 heterocycles. The SMILES string of the molecule is CC1(C)OCC(c2ccsc2)O1. The van der Waals surface area contributed by atoms with Gasteiger partial charge in [-0.05, 0) is 36.2 Å². The smallest absolute Gasteiger partial charge is 0.163 e. The molecule has 0 spiro atoms. The molecule has 0 saturated carbocycles. The van der Waals surface area contributed by atoms with E-state index in [0.29, 0.717) is 6.61 Å². The van der Waals surface area contributed by atoms with Gasteiger partial charge in [-0.1, -0.05) is 0 Å². The quantitative estimate of drug-likeness (QED) is 0.668. The van der Waals surface area contributed by atoms with Crippen LogP contribution in [0.2, 0.25) is 0 Å². The van der Waals surface area contributed by atoms with Gasteiger partial charge in [0.1, 0.15) is 6.10 Å². The van der Waals surface area contributed by atoms with Crippen LogP contribution in [0.4, 0.5) is 0 Å². The van der Waals surface area contributed by atoms with Crippen LogP contribution in [0.3, 0.4) is 0 Å². The van der Waals surface area contributed by atoms with Crippen LogP contribution in [0.15, 0.2) is 16.8 Å². The van der Waals surface area contributed by atoms with Crippen molar-refractivity contribution >= 4 is 11.3 Å². The molecular weight excluding hydrogens is 172 g/mol. The zero-order valence-corrected chi connectivity index (χ0v) is 8.06. The standard InChI is InChI=1S/C9H12O2S/c1-9(2)10-5-8(11-9)7-3-4-12-6-7/h3-4,6,8H,5H2,1-2H3. The Kier molecular flexibility index (Phi) is 1.94. The van der Waals surface area contributed by atoms with E-state index in [1.165, 1.54) is 5.56 Å². The molecular formula is C9H12O2S. The van der Waals surface area contributed by atoms with E-state index in [4.69, 9.17) is 9.47 Å². The molecule has 1 aromatic heterocycles. The van der Waals surface area contributed by atoms with Crippen molar-refractivity contribution in [3.8, 4) is 0 Å². The Morgan fingerprint density at radius 2 is 2.42 bits per heavy atom. The molecule has 3 heteroatoms. The second-order valence-electron chi connectivity index (χ2n) is 3.37. The first kappa shape index (κ1) is 8.23. The number of hydrogen-bond acceptors (Lipinski definition) is 3. The lowest BCUT2D eigenvalue weighted by molar-refractivity contribution is -0.139. The number of thiophene rings is 1. The van der Waals surface area contributed by atoms with Crippen molar-refractivity contribution in [1.82, 2.24) is 0 Å². The molecule has 1 unspecified atom stereocenters. The molecule has 0 N–H and O–H groups in total. The summed E-state index contributed by atoms with van der Waals surface area (Å²) in [6, 6.07) is 2.08. The number of ether oxygens (including phenoxy) is 2. The first-order chi connectivity index (χ1) is 5.67. The van der Waals surface area contributed by atoms with Gasteiger partial charge < -0.3 is 9.47 Å². The molecule has 1 aliphatic heterocycles. The molecule has 0 aromatic carbocycles. The summed E-state index contributed by atoms with van der Waals surface area (Å²) in [5.74, 6) is -0.410. The van der Waals surface area contributed by atoms with Crippen LogP contribution in [-0.4, -0.2) is 12.4 Å². The van der Waals surface area contributed by atoms with E-state index < -0.39 is 5.79 Å². The molecule has 1 atom stereocenters. The van der Waals surface area contributed by atoms with Crippen molar-refractivity contribution in [2.24, 2.45) is 0 Å². The maximum Gasteiger partial charge on any atom is 0.163 e. The van der Waals surface area contributed by atoms with Gasteiger partial charge in [0.05, 0.1) is 6.61 Å². The topological polar surface area (TPSA) is 18.5 Å². The average Bonchev–Trinajstić information content (AvgIpc) is 2.55. The lowest BCUT2D eigenvalue weighted by atomic mass is 10.2. The highest BCUT2D eigenvalue weighted by molar-refractivity contribution is 7.07. The summed E-state index contributed by atoms with van der Waals surface area (Å²) in [7, 11) is 0. The van der Waals surface area contributed by atoms with Crippen LogP contribution >= 0.6 is 11.3 Å². The van der Waals surface area contributed by atoms with Gasteiger partial charge in [-0.2, -0.15) is 11.3 Å². The lowest BCUT2D eigenvalue weighted by Crippen LogP contribution is -2.19. The first-order valence-corrected chi connectivity index (χ1v) is 4.95. The van der Waals surface area contributed by atoms with Gasteiger partial charge >= 0.3 is 0 Å². The van der Waals surface area contributed by atoms with E-state index in [1.807, 2.05) is 13.8 Å². The van der Waals surface area contributed by atoms with Crippen molar-refractivity contribution in [2.75, 3.05) is 6.61 Å². The monoisotopic (exact) mass is 184 g/mol. The summed E-state index contributed by atoms with van der Waals surface area (Å²) in [4.78, 5) is 0. The van der Waals surface area contributed by atoms with Crippen LogP contribution in [-0.2, 0) is 9.47 Å². The van der Waals surface area contributed by atoms with Gasteiger partial charge in [0.2, 0.25) is 0 Å². The van der Waals surface area contributed by atoms with Crippen molar-refractivity contribution in [1.29, 1.82) is 0 Å². The molecule has 1 aliphatic rings. The molecule has 2 rings (SSSR count). The minimum absolute atomic E-state index is 0.131. The summed E-state index contributed by atoms with van der Waals surface area (Å²) in [5, 5.41) is 4.17. The Morgan fingerprint density at radius 3 is 2.92 bits per heavy atom. The van der Waals surface area contributed by atoms with Crippen molar-refractivity contribution in [3.05, 3.63) is 22.4 Å². The first-order valence-electron chi connectivity index (χ1n) is 4.01. The van der Waals surface area contributed by atoms with Gasteiger partial charge in [0, 0.05) is 0 Å². The molecule has 0 aliphatic carbocycles. The van der Waals surface area contributed by atoms with Crippen molar-refractivity contribution < 1.29 is 9.47 Å². The number of hydrogen-bond donors (Lipinski definition) is 0. The Hall–Kier alpha value is -0.380. The second kappa shape index (κ2) is 2.83. The maximum absolute atomic E-state index is 5.68. The van der Waals surface area contributed by atoms with E-state index >= 15 is 0 Å². The predicted molar refractivity (Wildman–Crippen MR) is 48.2 cm³/mol. The Morgan fingerprint density at radius 1 is 1.58 bits per heavy atom. The molecule has 1 aromatic rings. The maximum atomic E-state index is 5.68. The van der Waals surface area contributed by atoms with Gasteiger partial charge in [0.25, 0.3) is 0 Å². The van der Waals surface area contributed by atoms with Gasteiger partial charge in [-0.15, -0.1) is 0 Å². The molecule has 0 radical (unpaired) electrons. The normalized spacial score (nSPS) is 27.7. The predicted octanol–water partition coefficient (Wildman–Crippen LogP) is 2.57. The van der Waals surface area contributed by atoms with Gasteiger partial charge in [0.15, 0.2) is 5.79 Å². The molecule has 2 nitrogen and oxygen atoms in total. The molecule has 66 valence electrons. The zero-order chi connectivity index (χ0) is 8.60. The summed E-state index contributed by atoms with van der Waals surface area (Å²) in [6.07, 6.45) is 0.131. The lowest BCUT2D eigenvalue weighted by Gasteiger charge is -2.16. The van der Waals surface area contributed by atoms with E-state index in [1.54, 1.807) is 11.3 Å². The molecule has 0 bridgehead atoms. The Labute approximate surface area is 76.1 Å². The summed E-state index contributed by atoms with van der Waals surface area (Å²) < 4.78 is 11.1. The third kappa shape index (κ3) is 1.53. The van der Waals surface area contributed by atoms with E-state index in [0.717, 1.165) is 0 Å². The third-order valence-electron chi connectivity index (χ3n) is 1.92. The van der Waals surface area contributed by atoms with Crippen LogP contribution in [0.5, 0.6) is 0 Å². The minimum Gasteiger partial charge on any atom is -0.347 e. The highest BCUT2D eigenvalue weighted by atomic mass is 32.1. The summed E-state index contributed by atoms with van der Waals surface area (Å²) in [5.41, 5.74) is 1.23. The van der Waals surface area contributed by atoms with Crippen LogP contribution in [0.25, 0.3) is 0 Å². The fourth-order valence-electron chi connectivity index (χ4n) is 1.31. The highest BCUT2D eigenvalue weighted by Crippen LogP contribution is 2.33. The fraction of sp³-hybridized carbons (Fsp3) is 0.556. The minimum atomic E-state index is -0.410. The fourth-order valence-corrected chi connectivity index (χ4v) is 2.01. The van der Waals surface area contributed by atoms with Gasteiger partial charge in [-0.25, -0.2) is 0 Å². The van der Waals surface area contributed by atoms with Crippen LogP contribution in [0, 0.1) is 0 Å². The molecule has 0 amide bonds. The Bertz CT molecular complexity index is 254. The van der Waals surface area contributed by atoms with E-state index in [9.17, 15) is 0 Å². The van der Waals surface area contributed by atoms with Crippen LogP contribution in [0.1, 0.15) is 25.5 Å². The van der Waals surface area contributed by atoms with Crippen LogP contribution < -0.4 is 0 Å².